The summed E-state index contributed by atoms with van der Waals surface area (Å²) in [5, 5.41) is 14.0. The highest BCUT2D eigenvalue weighted by Gasteiger charge is 2.34. The number of nitrogens with zero attached hydrogens (tertiary/aromatic N) is 4. The molecule has 0 unspecified atom stereocenters. The standard InChI is InChI=1S/C19H17ClF3N5OS/c1-11(2)12-3-6-14(7-4-12)28-18(25-26-27-28)30-10-17(29)24-16-8-5-13(20)9-15(16)19(21,22)23/h3-9,11H,10H2,1-2H3,(H,24,29). The Balaban J connectivity index is 1.69. The molecule has 0 saturated heterocycles. The summed E-state index contributed by atoms with van der Waals surface area (Å²) in [4.78, 5) is 12.2. The van der Waals surface area contributed by atoms with E-state index in [2.05, 4.69) is 34.7 Å². The Morgan fingerprint density at radius 3 is 2.53 bits per heavy atom. The third-order valence-corrected chi connectivity index (χ3v) is 5.29. The van der Waals surface area contributed by atoms with E-state index in [9.17, 15) is 18.0 Å². The minimum absolute atomic E-state index is 0.0719. The van der Waals surface area contributed by atoms with E-state index in [1.807, 2.05) is 24.3 Å². The van der Waals surface area contributed by atoms with Gasteiger partial charge in [0.05, 0.1) is 22.7 Å². The van der Waals surface area contributed by atoms with Gasteiger partial charge in [-0.2, -0.15) is 17.9 Å². The van der Waals surface area contributed by atoms with Crippen molar-refractivity contribution in [2.45, 2.75) is 31.1 Å². The molecule has 0 spiro atoms. The molecule has 158 valence electrons. The van der Waals surface area contributed by atoms with Crippen LogP contribution >= 0.6 is 23.4 Å². The number of halogens is 4. The summed E-state index contributed by atoms with van der Waals surface area (Å²) in [6, 6.07) is 10.8. The minimum atomic E-state index is -4.65. The largest absolute Gasteiger partial charge is 0.418 e. The highest BCUT2D eigenvalue weighted by Crippen LogP contribution is 2.36. The second-order valence-electron chi connectivity index (χ2n) is 6.64. The van der Waals surface area contributed by atoms with Crippen molar-refractivity contribution < 1.29 is 18.0 Å². The van der Waals surface area contributed by atoms with Gasteiger partial charge in [-0.15, -0.1) is 5.10 Å². The molecular weight excluding hydrogens is 439 g/mol. The van der Waals surface area contributed by atoms with Crippen LogP contribution in [0.3, 0.4) is 0 Å². The monoisotopic (exact) mass is 455 g/mol. The quantitative estimate of drug-likeness (QED) is 0.518. The van der Waals surface area contributed by atoms with E-state index < -0.39 is 17.6 Å². The van der Waals surface area contributed by atoms with Crippen LogP contribution in [0.2, 0.25) is 5.02 Å². The van der Waals surface area contributed by atoms with E-state index in [-0.39, 0.29) is 16.5 Å². The van der Waals surface area contributed by atoms with E-state index >= 15 is 0 Å². The Morgan fingerprint density at radius 2 is 1.90 bits per heavy atom. The molecule has 1 aromatic heterocycles. The lowest BCUT2D eigenvalue weighted by atomic mass is 10.0. The fourth-order valence-electron chi connectivity index (χ4n) is 2.61. The van der Waals surface area contributed by atoms with Gasteiger partial charge in [-0.1, -0.05) is 49.3 Å². The first-order valence-corrected chi connectivity index (χ1v) is 10.2. The molecule has 2 aromatic carbocycles. The van der Waals surface area contributed by atoms with E-state index in [0.29, 0.717) is 16.8 Å². The van der Waals surface area contributed by atoms with Crippen LogP contribution in [-0.2, 0) is 11.0 Å². The van der Waals surface area contributed by atoms with Crippen molar-refractivity contribution in [1.29, 1.82) is 0 Å². The van der Waals surface area contributed by atoms with Gasteiger partial charge in [-0.05, 0) is 52.2 Å². The van der Waals surface area contributed by atoms with Crippen molar-refractivity contribution in [3.63, 3.8) is 0 Å². The van der Waals surface area contributed by atoms with Crippen molar-refractivity contribution in [3.05, 3.63) is 58.6 Å². The normalized spacial score (nSPS) is 11.7. The van der Waals surface area contributed by atoms with Gasteiger partial charge < -0.3 is 5.32 Å². The van der Waals surface area contributed by atoms with Gasteiger partial charge in [-0.25, -0.2) is 0 Å². The van der Waals surface area contributed by atoms with Crippen LogP contribution in [0.15, 0.2) is 47.6 Å². The van der Waals surface area contributed by atoms with Crippen molar-refractivity contribution >= 4 is 35.0 Å². The zero-order chi connectivity index (χ0) is 21.9. The van der Waals surface area contributed by atoms with Crippen LogP contribution in [0.1, 0.15) is 30.9 Å². The van der Waals surface area contributed by atoms with Crippen LogP contribution in [0.4, 0.5) is 18.9 Å². The maximum absolute atomic E-state index is 13.2. The number of carbonyl (C=O) groups excluding carboxylic acids is 1. The maximum Gasteiger partial charge on any atom is 0.418 e. The number of alkyl halides is 3. The van der Waals surface area contributed by atoms with E-state index in [4.69, 9.17) is 11.6 Å². The lowest BCUT2D eigenvalue weighted by molar-refractivity contribution is -0.137. The Kier molecular flexibility index (Phi) is 6.67. The topological polar surface area (TPSA) is 72.7 Å². The lowest BCUT2D eigenvalue weighted by Gasteiger charge is -2.14. The number of thioether (sulfide) groups is 1. The summed E-state index contributed by atoms with van der Waals surface area (Å²) < 4.78 is 40.9. The molecule has 1 amide bonds. The van der Waals surface area contributed by atoms with Crippen LogP contribution in [0.25, 0.3) is 5.69 Å². The first-order chi connectivity index (χ1) is 14.1. The number of rotatable bonds is 6. The Hall–Kier alpha value is -2.59. The average Bonchev–Trinajstić information content (AvgIpc) is 3.15. The molecule has 1 N–H and O–H groups in total. The molecule has 0 aliphatic heterocycles. The molecule has 0 aliphatic rings. The molecule has 0 radical (unpaired) electrons. The van der Waals surface area contributed by atoms with Gasteiger partial charge >= 0.3 is 6.18 Å². The number of amides is 1. The molecule has 0 atom stereocenters. The van der Waals surface area contributed by atoms with Crippen LogP contribution in [-0.4, -0.2) is 31.9 Å². The van der Waals surface area contributed by atoms with Gasteiger partial charge in [0.2, 0.25) is 11.1 Å². The lowest BCUT2D eigenvalue weighted by Crippen LogP contribution is -2.18. The molecule has 0 fully saturated rings. The van der Waals surface area contributed by atoms with Gasteiger partial charge in [0.15, 0.2) is 0 Å². The summed E-state index contributed by atoms with van der Waals surface area (Å²) in [6.07, 6.45) is -4.65. The predicted molar refractivity (Wildman–Crippen MR) is 109 cm³/mol. The summed E-state index contributed by atoms with van der Waals surface area (Å²) in [7, 11) is 0. The van der Waals surface area contributed by atoms with E-state index in [0.717, 1.165) is 29.5 Å². The van der Waals surface area contributed by atoms with Gasteiger partial charge in [0.1, 0.15) is 0 Å². The van der Waals surface area contributed by atoms with E-state index in [1.165, 1.54) is 10.7 Å². The molecule has 0 bridgehead atoms. The van der Waals surface area contributed by atoms with Crippen molar-refractivity contribution in [2.24, 2.45) is 0 Å². The Labute approximate surface area is 179 Å². The third kappa shape index (κ3) is 5.31. The van der Waals surface area contributed by atoms with E-state index in [1.54, 1.807) is 0 Å². The highest BCUT2D eigenvalue weighted by molar-refractivity contribution is 7.99. The average molecular weight is 456 g/mol. The number of hydrogen-bond donors (Lipinski definition) is 1. The van der Waals surface area contributed by atoms with Crippen molar-refractivity contribution in [3.8, 4) is 5.69 Å². The number of hydrogen-bond acceptors (Lipinski definition) is 5. The number of aromatic nitrogens is 4. The molecule has 3 aromatic rings. The van der Waals surface area contributed by atoms with Crippen molar-refractivity contribution in [1.82, 2.24) is 20.2 Å². The second-order valence-corrected chi connectivity index (χ2v) is 8.02. The SMILES string of the molecule is CC(C)c1ccc(-n2nnnc2SCC(=O)Nc2ccc(Cl)cc2C(F)(F)F)cc1. The number of carbonyl (C=O) groups is 1. The molecule has 1 heterocycles. The van der Waals surface area contributed by atoms with Crippen LogP contribution in [0.5, 0.6) is 0 Å². The number of benzene rings is 2. The Morgan fingerprint density at radius 1 is 1.20 bits per heavy atom. The smallest absolute Gasteiger partial charge is 0.325 e. The molecule has 3 rings (SSSR count). The second kappa shape index (κ2) is 9.05. The molecule has 0 aliphatic carbocycles. The summed E-state index contributed by atoms with van der Waals surface area (Å²) in [6.45, 7) is 4.16. The first-order valence-electron chi connectivity index (χ1n) is 8.83. The number of nitrogens with one attached hydrogen (secondary N) is 1. The fraction of sp³-hybridized carbons (Fsp3) is 0.263. The zero-order valence-corrected chi connectivity index (χ0v) is 17.5. The third-order valence-electron chi connectivity index (χ3n) is 4.14. The molecular formula is C19H17ClF3N5OS. The summed E-state index contributed by atoms with van der Waals surface area (Å²) in [5.74, 6) is -0.429. The Bertz CT molecular complexity index is 1040. The minimum Gasteiger partial charge on any atom is -0.325 e. The van der Waals surface area contributed by atoms with Crippen molar-refractivity contribution in [2.75, 3.05) is 11.1 Å². The molecule has 6 nitrogen and oxygen atoms in total. The number of tetrazole rings is 1. The molecule has 0 saturated carbocycles. The van der Waals surface area contributed by atoms with Crippen LogP contribution < -0.4 is 5.32 Å². The fourth-order valence-corrected chi connectivity index (χ4v) is 3.47. The number of anilines is 1. The van der Waals surface area contributed by atoms with Gasteiger partial charge in [0, 0.05) is 5.02 Å². The van der Waals surface area contributed by atoms with Gasteiger partial charge in [0.25, 0.3) is 0 Å². The zero-order valence-electron chi connectivity index (χ0n) is 15.9. The predicted octanol–water partition coefficient (Wildman–Crippen LogP) is 5.19. The summed E-state index contributed by atoms with van der Waals surface area (Å²) >= 11 is 6.66. The molecule has 11 heteroatoms. The van der Waals surface area contributed by atoms with Crippen LogP contribution in [0, 0.1) is 0 Å². The summed E-state index contributed by atoms with van der Waals surface area (Å²) in [5.41, 5.74) is 0.498. The first kappa shape index (κ1) is 22.1. The molecule has 30 heavy (non-hydrogen) atoms. The maximum atomic E-state index is 13.2. The highest BCUT2D eigenvalue weighted by atomic mass is 35.5. The van der Waals surface area contributed by atoms with Gasteiger partial charge in [-0.3, -0.25) is 4.79 Å².